The number of alkyl halides is 3. The van der Waals surface area contributed by atoms with E-state index in [4.69, 9.17) is 14.5 Å². The average molecular weight is 927 g/mol. The van der Waals surface area contributed by atoms with E-state index in [0.29, 0.717) is 30.5 Å². The maximum absolute atomic E-state index is 13.5. The molecular formula is C47H45F3N4O9SSi. The zero-order chi connectivity index (χ0) is 46.8. The van der Waals surface area contributed by atoms with Crippen molar-refractivity contribution < 1.29 is 44.8 Å². The Morgan fingerprint density at radius 2 is 1.15 bits per heavy atom. The molecule has 0 radical (unpaired) electrons. The Bertz CT molecular complexity index is 3320. The van der Waals surface area contributed by atoms with Crippen LogP contribution in [0.25, 0.3) is 44.6 Å². The molecule has 2 aromatic carbocycles. The first-order valence-electron chi connectivity index (χ1n) is 21.3. The smallest absolute Gasteiger partial charge is 0.460 e. The molecular weight excluding hydrogens is 882 g/mol. The molecule has 0 aliphatic carbocycles. The lowest BCUT2D eigenvalue weighted by molar-refractivity contribution is -0.154. The van der Waals surface area contributed by atoms with E-state index in [0.717, 1.165) is 34.1 Å². The molecule has 0 bridgehead atoms. The predicted octanol–water partition coefficient (Wildman–Crippen LogP) is 7.95. The normalized spacial score (nSPS) is 19.5. The quantitative estimate of drug-likeness (QED) is 0.0688. The summed E-state index contributed by atoms with van der Waals surface area (Å²) >= 11 is 0. The van der Waals surface area contributed by atoms with Crippen LogP contribution in [0.3, 0.4) is 0 Å². The number of hydrogen-bond acceptors (Lipinski definition) is 11. The molecule has 0 saturated heterocycles. The van der Waals surface area contributed by atoms with E-state index in [1.54, 1.807) is 26.0 Å². The second-order valence-corrected chi connectivity index (χ2v) is 25.6. The van der Waals surface area contributed by atoms with Crippen LogP contribution >= 0.6 is 0 Å². The number of rotatable bonds is 6. The third kappa shape index (κ3) is 6.81. The Balaban J connectivity index is 0.000000165. The van der Waals surface area contributed by atoms with Gasteiger partial charge in [0.25, 0.3) is 11.1 Å². The summed E-state index contributed by atoms with van der Waals surface area (Å²) in [5.41, 5.74) is -0.218. The van der Waals surface area contributed by atoms with Gasteiger partial charge in [-0.1, -0.05) is 63.8 Å². The molecule has 65 heavy (non-hydrogen) atoms. The molecule has 4 aromatic heterocycles. The van der Waals surface area contributed by atoms with Crippen LogP contribution in [0.2, 0.25) is 19.6 Å². The number of cyclic esters (lactones) is 2. The van der Waals surface area contributed by atoms with E-state index in [-0.39, 0.29) is 64.7 Å². The monoisotopic (exact) mass is 926 g/mol. The van der Waals surface area contributed by atoms with Crippen molar-refractivity contribution in [2.45, 2.75) is 109 Å². The first-order valence-corrected chi connectivity index (χ1v) is 26.4. The van der Waals surface area contributed by atoms with Crippen LogP contribution in [0.15, 0.2) is 70.3 Å². The van der Waals surface area contributed by atoms with Gasteiger partial charge in [-0.05, 0) is 79.8 Å². The molecule has 4 aliphatic rings. The van der Waals surface area contributed by atoms with Gasteiger partial charge in [0, 0.05) is 30.0 Å². The highest BCUT2D eigenvalue weighted by Crippen LogP contribution is 2.45. The van der Waals surface area contributed by atoms with Crippen molar-refractivity contribution in [3.63, 3.8) is 0 Å². The third-order valence-corrected chi connectivity index (χ3v) is 15.7. The molecule has 2 unspecified atom stereocenters. The van der Waals surface area contributed by atoms with E-state index in [2.05, 4.69) is 47.0 Å². The SMILES string of the molecule is CCC1(C)C(=O)OCc2c1cc1n(c2=O)Cc2c-1nc1ccccc1c2C[Si](C)(C)C.CCC1(C)C(=O)OCc2c1cc1n(c2=O)Cc2c-1nc1ccccc1c2OS(=O)(=O)C(F)(F)F. The number of halogens is 3. The standard InChI is InChI=1S/C25H28N2O3Si.C22H17F3N2O6S/c1-6-25(2)19-11-21-22-16(12-27(21)23(28)17(19)13-30-24(25)29)18(14-31(3,4)5)15-9-7-8-10-20(15)26-22;1-3-21(2)14-8-16-17-12(9-27(16)19(28)13(14)10-32-20(21)29)18(33-34(30,31)22(23,24)25)11-6-4-5-7-15(11)26-17/h7-11H,6,12-14H2,1-5H3;4-8H,3,9-10H2,1-2H3. The second kappa shape index (κ2) is 14.9. The van der Waals surface area contributed by atoms with Crippen molar-refractivity contribution in [1.82, 2.24) is 19.1 Å². The van der Waals surface area contributed by atoms with Crippen LogP contribution in [0.4, 0.5) is 13.2 Å². The molecule has 0 fully saturated rings. The fourth-order valence-electron chi connectivity index (χ4n) is 9.41. The molecule has 4 aliphatic heterocycles. The molecule has 0 saturated carbocycles. The van der Waals surface area contributed by atoms with Crippen molar-refractivity contribution in [1.29, 1.82) is 0 Å². The minimum atomic E-state index is -5.99. The van der Waals surface area contributed by atoms with Crippen molar-refractivity contribution >= 4 is 51.9 Å². The van der Waals surface area contributed by atoms with Crippen molar-refractivity contribution in [3.05, 3.63) is 120 Å². The molecule has 13 nitrogen and oxygen atoms in total. The number of aromatic nitrogens is 4. The van der Waals surface area contributed by atoms with Crippen LogP contribution in [-0.2, 0) is 72.4 Å². The van der Waals surface area contributed by atoms with Gasteiger partial charge in [0.15, 0.2) is 5.75 Å². The summed E-state index contributed by atoms with van der Waals surface area (Å²) in [5.74, 6) is -1.28. The highest BCUT2D eigenvalue weighted by molar-refractivity contribution is 7.88. The van der Waals surface area contributed by atoms with Crippen molar-refractivity contribution in [2.24, 2.45) is 0 Å². The average Bonchev–Trinajstić information content (AvgIpc) is 3.82. The third-order valence-electron chi connectivity index (χ3n) is 13.4. The largest absolute Gasteiger partial charge is 0.534 e. The summed E-state index contributed by atoms with van der Waals surface area (Å²) in [7, 11) is -7.40. The van der Waals surface area contributed by atoms with E-state index < -0.39 is 51.8 Å². The fourth-order valence-corrected chi connectivity index (χ4v) is 11.4. The first kappa shape index (κ1) is 44.1. The van der Waals surface area contributed by atoms with Crippen LogP contribution in [-0.4, -0.2) is 53.0 Å². The van der Waals surface area contributed by atoms with Gasteiger partial charge >= 0.3 is 27.6 Å². The van der Waals surface area contributed by atoms with Gasteiger partial charge in [0.2, 0.25) is 0 Å². The number of carbonyl (C=O) groups is 2. The summed E-state index contributed by atoms with van der Waals surface area (Å²) < 4.78 is 81.5. The highest BCUT2D eigenvalue weighted by Gasteiger charge is 2.50. The minimum Gasteiger partial charge on any atom is -0.460 e. The Kier molecular flexibility index (Phi) is 10.1. The van der Waals surface area contributed by atoms with Crippen LogP contribution in [0.1, 0.15) is 79.5 Å². The maximum atomic E-state index is 13.5. The predicted molar refractivity (Wildman–Crippen MR) is 239 cm³/mol. The lowest BCUT2D eigenvalue weighted by Gasteiger charge is -2.33. The molecule has 8 heterocycles. The Hall–Kier alpha value is -6.14. The second-order valence-electron chi connectivity index (χ2n) is 18.6. The Morgan fingerprint density at radius 3 is 1.63 bits per heavy atom. The molecule has 18 heteroatoms. The van der Waals surface area contributed by atoms with Crippen LogP contribution in [0.5, 0.6) is 5.75 Å². The van der Waals surface area contributed by atoms with Crippen molar-refractivity contribution in [3.8, 4) is 28.5 Å². The number of para-hydroxylation sites is 2. The number of esters is 2. The molecule has 338 valence electrons. The summed E-state index contributed by atoms with van der Waals surface area (Å²) in [4.78, 5) is 61.5. The lowest BCUT2D eigenvalue weighted by atomic mass is 9.76. The number of carbonyl (C=O) groups excluding carboxylic acids is 2. The van der Waals surface area contributed by atoms with Gasteiger partial charge in [-0.25, -0.2) is 9.97 Å². The highest BCUT2D eigenvalue weighted by atomic mass is 32.2. The summed E-state index contributed by atoms with van der Waals surface area (Å²) in [5, 5.41) is 1.24. The number of hydrogen-bond donors (Lipinski definition) is 0. The molecule has 2 atom stereocenters. The van der Waals surface area contributed by atoms with Gasteiger partial charge in [-0.3, -0.25) is 19.2 Å². The number of benzene rings is 2. The van der Waals surface area contributed by atoms with Gasteiger partial charge in [-0.2, -0.15) is 21.6 Å². The molecule has 0 amide bonds. The fraction of sp³-hybridized carbons (Fsp3) is 0.362. The van der Waals surface area contributed by atoms with E-state index in [9.17, 15) is 40.8 Å². The molecule has 0 N–H and O–H groups in total. The number of pyridine rings is 4. The van der Waals surface area contributed by atoms with Crippen molar-refractivity contribution in [2.75, 3.05) is 0 Å². The molecule has 0 spiro atoms. The van der Waals surface area contributed by atoms with Crippen LogP contribution < -0.4 is 15.3 Å². The molecule has 10 rings (SSSR count). The Morgan fingerprint density at radius 1 is 0.708 bits per heavy atom. The maximum Gasteiger partial charge on any atom is 0.534 e. The molecule has 6 aromatic rings. The van der Waals surface area contributed by atoms with Gasteiger partial charge in [0.05, 0.1) is 68.9 Å². The number of fused-ring (bicyclic) bond motifs is 10. The lowest BCUT2D eigenvalue weighted by Crippen LogP contribution is -2.42. The zero-order valence-corrected chi connectivity index (χ0v) is 38.5. The summed E-state index contributed by atoms with van der Waals surface area (Å²) in [6.07, 6.45) is 0.929. The summed E-state index contributed by atoms with van der Waals surface area (Å²) in [6.45, 7) is 14.5. The van der Waals surface area contributed by atoms with Crippen LogP contribution in [0, 0.1) is 0 Å². The van der Waals surface area contributed by atoms with Gasteiger partial charge < -0.3 is 22.8 Å². The minimum absolute atomic E-state index is 0.0245. The van der Waals surface area contributed by atoms with Gasteiger partial charge in [-0.15, -0.1) is 0 Å². The number of ether oxygens (including phenoxy) is 2. The Labute approximate surface area is 372 Å². The summed E-state index contributed by atoms with van der Waals surface area (Å²) in [6, 6.07) is 18.9. The van der Waals surface area contributed by atoms with E-state index in [1.807, 2.05) is 30.5 Å². The number of nitrogens with zero attached hydrogens (tertiary/aromatic N) is 4. The van der Waals surface area contributed by atoms with E-state index in [1.165, 1.54) is 33.7 Å². The first-order chi connectivity index (χ1) is 30.5. The van der Waals surface area contributed by atoms with Gasteiger partial charge in [0.1, 0.15) is 13.2 Å². The zero-order valence-electron chi connectivity index (χ0n) is 36.7. The van der Waals surface area contributed by atoms with E-state index >= 15 is 0 Å². The topological polar surface area (TPSA) is 166 Å².